The lowest BCUT2D eigenvalue weighted by Crippen LogP contribution is -2.67. The Hall–Kier alpha value is -3.39. The van der Waals surface area contributed by atoms with Crippen LogP contribution < -0.4 is 15.3 Å². The van der Waals surface area contributed by atoms with Crippen LogP contribution in [0.4, 0.5) is 10.6 Å². The van der Waals surface area contributed by atoms with Crippen molar-refractivity contribution < 1.29 is 28.5 Å². The van der Waals surface area contributed by atoms with Crippen LogP contribution in [0.5, 0.6) is 0 Å². The van der Waals surface area contributed by atoms with E-state index >= 15 is 0 Å². The van der Waals surface area contributed by atoms with Crippen LogP contribution in [-0.2, 0) is 18.6 Å². The highest BCUT2D eigenvalue weighted by molar-refractivity contribution is 6.99. The lowest BCUT2D eigenvalue weighted by atomic mass is 10.1. The van der Waals surface area contributed by atoms with Gasteiger partial charge >= 0.3 is 6.09 Å². The second-order valence-electron chi connectivity index (χ2n) is 14.3. The Morgan fingerprint density at radius 2 is 1.62 bits per heavy atom. The summed E-state index contributed by atoms with van der Waals surface area (Å²) in [5, 5.41) is 17.4. The van der Waals surface area contributed by atoms with Gasteiger partial charge in [0, 0.05) is 6.04 Å². The van der Waals surface area contributed by atoms with Crippen molar-refractivity contribution in [3.8, 4) is 0 Å². The molecule has 254 valence electrons. The molecular weight excluding hydrogens is 650 g/mol. The van der Waals surface area contributed by atoms with E-state index in [0.717, 1.165) is 25.7 Å². The zero-order chi connectivity index (χ0) is 33.8. The van der Waals surface area contributed by atoms with Crippen molar-refractivity contribution in [2.75, 3.05) is 11.5 Å². The summed E-state index contributed by atoms with van der Waals surface area (Å²) in [6.45, 7) is 10.7. The van der Waals surface area contributed by atoms with E-state index in [1.54, 1.807) is 10.9 Å². The number of rotatable bonds is 8. The summed E-state index contributed by atoms with van der Waals surface area (Å²) in [6.07, 6.45) is 1.66. The number of aromatic nitrogens is 4. The van der Waals surface area contributed by atoms with Crippen LogP contribution in [0.2, 0.25) is 10.3 Å². The van der Waals surface area contributed by atoms with Gasteiger partial charge < -0.3 is 23.7 Å². The van der Waals surface area contributed by atoms with Gasteiger partial charge in [0.05, 0.1) is 18.2 Å². The molecule has 2 saturated heterocycles. The van der Waals surface area contributed by atoms with Gasteiger partial charge in [-0.15, -0.1) is 0 Å². The highest BCUT2D eigenvalue weighted by Gasteiger charge is 2.58. The molecule has 0 radical (unpaired) electrons. The van der Waals surface area contributed by atoms with E-state index in [2.05, 4.69) is 84.4 Å². The second-order valence-corrected chi connectivity index (χ2v) is 19.0. The molecule has 0 bridgehead atoms. The van der Waals surface area contributed by atoms with Crippen molar-refractivity contribution in [3.63, 3.8) is 0 Å². The number of amides is 1. The number of carbonyl (C=O) groups is 1. The average Bonchev–Trinajstić information content (AvgIpc) is 3.83. The molecule has 3 aliphatic rings. The summed E-state index contributed by atoms with van der Waals surface area (Å²) < 4.78 is 28.6. The Kier molecular flexibility index (Phi) is 8.62. The smallest absolute Gasteiger partial charge is 0.413 e. The van der Waals surface area contributed by atoms with Crippen molar-refractivity contribution in [1.29, 1.82) is 0 Å². The van der Waals surface area contributed by atoms with Crippen LogP contribution in [0, 0.1) is 0 Å². The van der Waals surface area contributed by atoms with Gasteiger partial charge in [-0.25, -0.2) is 9.48 Å². The lowest BCUT2D eigenvalue weighted by Gasteiger charge is -2.43. The van der Waals surface area contributed by atoms with E-state index < -0.39 is 44.7 Å². The maximum Gasteiger partial charge on any atom is 0.413 e. The van der Waals surface area contributed by atoms with Crippen LogP contribution in [-0.4, -0.2) is 76.0 Å². The zero-order valence-corrected chi connectivity index (χ0v) is 29.6. The van der Waals surface area contributed by atoms with Crippen LogP contribution in [0.25, 0.3) is 11.0 Å². The number of nitrogens with zero attached hydrogens (tertiary/aromatic N) is 5. The molecule has 13 heteroatoms. The number of carboxylic acid groups (broad SMARTS) is 1. The Morgan fingerprint density at radius 3 is 2.21 bits per heavy atom. The fourth-order valence-corrected chi connectivity index (χ4v) is 12.5. The van der Waals surface area contributed by atoms with Gasteiger partial charge in [0.1, 0.15) is 18.3 Å². The van der Waals surface area contributed by atoms with Gasteiger partial charge in [-0.2, -0.15) is 15.1 Å². The average molecular weight is 692 g/mol. The molecule has 1 N–H and O–H groups in total. The molecule has 1 amide bonds. The largest absolute Gasteiger partial charge is 0.465 e. The van der Waals surface area contributed by atoms with Gasteiger partial charge in [-0.3, -0.25) is 4.90 Å². The molecule has 1 saturated carbocycles. The number of ether oxygens (including phenoxy) is 3. The van der Waals surface area contributed by atoms with E-state index in [9.17, 15) is 9.90 Å². The number of halogens is 1. The van der Waals surface area contributed by atoms with Crippen LogP contribution in [0.1, 0.15) is 66.5 Å². The second kappa shape index (κ2) is 12.5. The van der Waals surface area contributed by atoms with Crippen molar-refractivity contribution in [2.24, 2.45) is 0 Å². The fourth-order valence-electron chi connectivity index (χ4n) is 7.80. The molecule has 2 aromatic heterocycles. The summed E-state index contributed by atoms with van der Waals surface area (Å²) in [4.78, 5) is 22.7. The zero-order valence-electron chi connectivity index (χ0n) is 27.9. The van der Waals surface area contributed by atoms with Gasteiger partial charge in [0.15, 0.2) is 23.5 Å². The minimum absolute atomic E-state index is 0.0754. The minimum Gasteiger partial charge on any atom is -0.465 e. The van der Waals surface area contributed by atoms with Crippen molar-refractivity contribution in [2.45, 2.75) is 102 Å². The Morgan fingerprint density at radius 1 is 1.02 bits per heavy atom. The Labute approximate surface area is 286 Å². The summed E-state index contributed by atoms with van der Waals surface area (Å²) in [5.74, 6) is -0.656. The van der Waals surface area contributed by atoms with Gasteiger partial charge in [-0.1, -0.05) is 94.3 Å². The molecule has 4 heterocycles. The number of benzene rings is 2. The number of hydrogen-bond acceptors (Lipinski definition) is 8. The summed E-state index contributed by atoms with van der Waals surface area (Å²) in [5.41, 5.74) is 0.361. The fraction of sp³-hybridized carbons (Fsp3) is 0.486. The monoisotopic (exact) mass is 691 g/mol. The third-order valence-corrected chi connectivity index (χ3v) is 15.0. The maximum absolute atomic E-state index is 12.5. The number of fused-ring (bicyclic) bond motifs is 2. The third kappa shape index (κ3) is 5.71. The topological polar surface area (TPSA) is 121 Å². The van der Waals surface area contributed by atoms with E-state index in [-0.39, 0.29) is 28.8 Å². The van der Waals surface area contributed by atoms with E-state index in [4.69, 9.17) is 30.2 Å². The van der Waals surface area contributed by atoms with E-state index in [1.807, 2.05) is 26.0 Å². The first kappa shape index (κ1) is 33.1. The quantitative estimate of drug-likeness (QED) is 0.178. The molecule has 7 rings (SSSR count). The predicted octanol–water partition coefficient (Wildman–Crippen LogP) is 5.90. The van der Waals surface area contributed by atoms with Crippen LogP contribution >= 0.6 is 11.6 Å². The minimum atomic E-state index is -2.88. The van der Waals surface area contributed by atoms with Crippen LogP contribution in [0.3, 0.4) is 0 Å². The first-order valence-corrected chi connectivity index (χ1v) is 18.9. The summed E-state index contributed by atoms with van der Waals surface area (Å²) >= 11 is 6.46. The SMILES string of the molecule is CC1(C)O[C@@H]2[C@H](O1)[C@@H](CO[Si](c1ccccc1)(c1ccccc1)C(C)(C)C)O[C@H]2n1ncc2c(N(C(=O)O)C3CCCC3)nc(Cl)nc21. The highest BCUT2D eigenvalue weighted by atomic mass is 35.5. The van der Waals surface area contributed by atoms with E-state index in [1.165, 1.54) is 15.3 Å². The number of hydrogen-bond donors (Lipinski definition) is 1. The van der Waals surface area contributed by atoms with Gasteiger partial charge in [0.25, 0.3) is 8.32 Å². The normalized spacial score (nSPS) is 24.3. The highest BCUT2D eigenvalue weighted by Crippen LogP contribution is 2.45. The molecule has 2 aliphatic heterocycles. The summed E-state index contributed by atoms with van der Waals surface area (Å²) in [7, 11) is -2.88. The molecule has 0 unspecified atom stereocenters. The van der Waals surface area contributed by atoms with Crippen molar-refractivity contribution in [1.82, 2.24) is 19.7 Å². The first-order valence-electron chi connectivity index (χ1n) is 16.6. The van der Waals surface area contributed by atoms with Crippen molar-refractivity contribution in [3.05, 3.63) is 72.1 Å². The molecule has 1 aliphatic carbocycles. The van der Waals surface area contributed by atoms with Gasteiger partial charge in [-0.05, 0) is 53.7 Å². The maximum atomic E-state index is 12.5. The molecule has 48 heavy (non-hydrogen) atoms. The standard InChI is InChI=1S/C35H42ClN5O6Si/c1-34(2,3)48(23-16-8-6-9-17-23,24-18-10-7-11-19-24)44-21-26-27-28(47-35(4,5)46-27)31(45-26)41-30-25(20-37-41)29(38-32(36)39-30)40(33(42)43)22-14-12-13-15-22/h6-11,16-20,22,26-28,31H,12-15,21H2,1-5H3,(H,42,43)/t26-,27-,28-,31-/m1/s1. The lowest BCUT2D eigenvalue weighted by molar-refractivity contribution is -0.200. The molecule has 2 aromatic carbocycles. The molecule has 4 aromatic rings. The van der Waals surface area contributed by atoms with Crippen LogP contribution in [0.15, 0.2) is 66.9 Å². The third-order valence-electron chi connectivity index (χ3n) is 9.78. The Balaban J connectivity index is 1.26. The number of anilines is 1. The Bertz CT molecular complexity index is 1740. The molecule has 4 atom stereocenters. The molecule has 0 spiro atoms. The van der Waals surface area contributed by atoms with E-state index in [0.29, 0.717) is 11.0 Å². The van der Waals surface area contributed by atoms with Crippen molar-refractivity contribution >= 4 is 53.2 Å². The molecule has 3 fully saturated rings. The summed E-state index contributed by atoms with van der Waals surface area (Å²) in [6, 6.07) is 20.7. The van der Waals surface area contributed by atoms with Gasteiger partial charge in [0.2, 0.25) is 5.28 Å². The molecular formula is C35H42ClN5O6Si. The predicted molar refractivity (Wildman–Crippen MR) is 184 cm³/mol. The molecule has 11 nitrogen and oxygen atoms in total. The first-order chi connectivity index (χ1) is 22.9.